The third-order valence-electron chi connectivity index (χ3n) is 3.13. The van der Waals surface area contributed by atoms with E-state index in [4.69, 9.17) is 9.47 Å². The Labute approximate surface area is 119 Å². The van der Waals surface area contributed by atoms with Gasteiger partial charge in [0, 0.05) is 13.1 Å². The minimum absolute atomic E-state index is 0.0512. The van der Waals surface area contributed by atoms with Crippen LogP contribution in [-0.2, 0) is 9.53 Å². The molecular weight excluding hydrogens is 256 g/mol. The largest absolute Gasteiger partial charge is 0.492 e. The molecule has 5 heteroatoms. The van der Waals surface area contributed by atoms with Crippen LogP contribution in [-0.4, -0.2) is 38.3 Å². The molecule has 2 N–H and O–H groups in total. The molecule has 1 unspecified atom stereocenters. The highest BCUT2D eigenvalue weighted by atomic mass is 16.5. The predicted molar refractivity (Wildman–Crippen MR) is 78.2 cm³/mol. The second-order valence-corrected chi connectivity index (χ2v) is 4.88. The van der Waals surface area contributed by atoms with Gasteiger partial charge in [0.2, 0.25) is 5.91 Å². The van der Waals surface area contributed by atoms with Crippen molar-refractivity contribution in [3.05, 3.63) is 23.8 Å². The number of aryl methyl sites for hydroxylation is 1. The average molecular weight is 278 g/mol. The van der Waals surface area contributed by atoms with Crippen LogP contribution in [0, 0.1) is 6.92 Å². The van der Waals surface area contributed by atoms with Crippen LogP contribution in [0.1, 0.15) is 18.9 Å². The molecule has 0 aliphatic carbocycles. The van der Waals surface area contributed by atoms with Gasteiger partial charge in [-0.05, 0) is 31.5 Å². The van der Waals surface area contributed by atoms with Crippen LogP contribution in [0.5, 0.6) is 5.75 Å². The number of hydrogen-bond donors (Lipinski definition) is 2. The summed E-state index contributed by atoms with van der Waals surface area (Å²) in [5.41, 5.74) is 1.82. The van der Waals surface area contributed by atoms with Crippen LogP contribution in [0.25, 0.3) is 0 Å². The van der Waals surface area contributed by atoms with Crippen LogP contribution < -0.4 is 15.4 Å². The molecule has 5 nitrogen and oxygen atoms in total. The maximum atomic E-state index is 12.0. The molecule has 1 aromatic carbocycles. The zero-order valence-corrected chi connectivity index (χ0v) is 12.1. The van der Waals surface area contributed by atoms with Gasteiger partial charge in [-0.3, -0.25) is 4.79 Å². The fourth-order valence-electron chi connectivity index (χ4n) is 2.17. The van der Waals surface area contributed by atoms with Crippen molar-refractivity contribution in [1.29, 1.82) is 0 Å². The molecule has 1 atom stereocenters. The predicted octanol–water partition coefficient (Wildman–Crippen LogP) is 1.71. The van der Waals surface area contributed by atoms with Crippen molar-refractivity contribution in [2.45, 2.75) is 26.4 Å². The van der Waals surface area contributed by atoms with Crippen molar-refractivity contribution in [3.8, 4) is 5.75 Å². The zero-order chi connectivity index (χ0) is 14.4. The SMILES string of the molecule is CCOc1cc(C)ccc1NC(=O)CC1CNCCO1. The lowest BCUT2D eigenvalue weighted by atomic mass is 10.2. The first-order valence-corrected chi connectivity index (χ1v) is 7.04. The van der Waals surface area contributed by atoms with Crippen LogP contribution >= 0.6 is 0 Å². The molecule has 1 aromatic rings. The Kier molecular flexibility index (Phi) is 5.38. The summed E-state index contributed by atoms with van der Waals surface area (Å²) in [6.45, 7) is 6.73. The summed E-state index contributed by atoms with van der Waals surface area (Å²) in [7, 11) is 0. The minimum atomic E-state index is -0.0523. The molecule has 1 saturated heterocycles. The van der Waals surface area contributed by atoms with E-state index in [9.17, 15) is 4.79 Å². The molecule has 20 heavy (non-hydrogen) atoms. The van der Waals surface area contributed by atoms with E-state index >= 15 is 0 Å². The quantitative estimate of drug-likeness (QED) is 0.861. The lowest BCUT2D eigenvalue weighted by Crippen LogP contribution is -2.40. The second kappa shape index (κ2) is 7.26. The third-order valence-corrected chi connectivity index (χ3v) is 3.13. The molecule has 0 saturated carbocycles. The average Bonchev–Trinajstić information content (AvgIpc) is 2.43. The number of hydrogen-bond acceptors (Lipinski definition) is 4. The fourth-order valence-corrected chi connectivity index (χ4v) is 2.17. The smallest absolute Gasteiger partial charge is 0.227 e. The van der Waals surface area contributed by atoms with Crippen LogP contribution in [0.3, 0.4) is 0 Å². The molecule has 0 aromatic heterocycles. The Morgan fingerprint density at radius 3 is 3.10 bits per heavy atom. The van der Waals surface area contributed by atoms with Crippen molar-refractivity contribution in [1.82, 2.24) is 5.32 Å². The Bertz CT molecular complexity index is 456. The second-order valence-electron chi connectivity index (χ2n) is 4.88. The standard InChI is InChI=1S/C15H22N2O3/c1-3-19-14-8-11(2)4-5-13(14)17-15(18)9-12-10-16-6-7-20-12/h4-5,8,12,16H,3,6-7,9-10H2,1-2H3,(H,17,18). The highest BCUT2D eigenvalue weighted by molar-refractivity contribution is 5.92. The van der Waals surface area contributed by atoms with Crippen LogP contribution in [0.4, 0.5) is 5.69 Å². The van der Waals surface area contributed by atoms with E-state index in [1.807, 2.05) is 32.0 Å². The Balaban J connectivity index is 1.96. The number of amides is 1. The van der Waals surface area contributed by atoms with Gasteiger partial charge in [0.05, 0.1) is 31.4 Å². The number of carbonyl (C=O) groups is 1. The Morgan fingerprint density at radius 2 is 2.40 bits per heavy atom. The maximum Gasteiger partial charge on any atom is 0.227 e. The molecule has 1 fully saturated rings. The number of rotatable bonds is 5. The summed E-state index contributed by atoms with van der Waals surface area (Å²) in [5, 5.41) is 6.11. The van der Waals surface area contributed by atoms with E-state index in [0.717, 1.165) is 18.7 Å². The van der Waals surface area contributed by atoms with Gasteiger partial charge in [0.1, 0.15) is 5.75 Å². The topological polar surface area (TPSA) is 59.6 Å². The molecule has 1 amide bonds. The van der Waals surface area contributed by atoms with Crippen LogP contribution in [0.15, 0.2) is 18.2 Å². The van der Waals surface area contributed by atoms with Crippen molar-refractivity contribution in [2.24, 2.45) is 0 Å². The summed E-state index contributed by atoms with van der Waals surface area (Å²) in [6, 6.07) is 5.76. The highest BCUT2D eigenvalue weighted by Crippen LogP contribution is 2.26. The number of ether oxygens (including phenoxy) is 2. The Morgan fingerprint density at radius 1 is 1.55 bits per heavy atom. The van der Waals surface area contributed by atoms with Gasteiger partial charge in [-0.1, -0.05) is 6.07 Å². The monoisotopic (exact) mass is 278 g/mol. The van der Waals surface area contributed by atoms with E-state index in [2.05, 4.69) is 10.6 Å². The molecule has 0 spiro atoms. The molecule has 110 valence electrons. The van der Waals surface area contributed by atoms with Gasteiger partial charge in [0.25, 0.3) is 0 Å². The van der Waals surface area contributed by atoms with E-state index in [1.165, 1.54) is 0 Å². The first kappa shape index (κ1) is 14.8. The van der Waals surface area contributed by atoms with Gasteiger partial charge < -0.3 is 20.1 Å². The highest BCUT2D eigenvalue weighted by Gasteiger charge is 2.18. The van der Waals surface area contributed by atoms with Crippen molar-refractivity contribution >= 4 is 11.6 Å². The summed E-state index contributed by atoms with van der Waals surface area (Å²) < 4.78 is 11.1. The summed E-state index contributed by atoms with van der Waals surface area (Å²) in [4.78, 5) is 12.0. The molecule has 1 heterocycles. The molecule has 0 bridgehead atoms. The fraction of sp³-hybridized carbons (Fsp3) is 0.533. The van der Waals surface area contributed by atoms with E-state index in [0.29, 0.717) is 31.1 Å². The molecule has 1 aliphatic rings. The van der Waals surface area contributed by atoms with E-state index in [1.54, 1.807) is 0 Å². The number of morpholine rings is 1. The number of benzene rings is 1. The molecule has 2 rings (SSSR count). The van der Waals surface area contributed by atoms with Crippen molar-refractivity contribution in [2.75, 3.05) is 31.6 Å². The molecular formula is C15H22N2O3. The number of nitrogens with one attached hydrogen (secondary N) is 2. The third kappa shape index (κ3) is 4.21. The van der Waals surface area contributed by atoms with Gasteiger partial charge in [-0.25, -0.2) is 0 Å². The van der Waals surface area contributed by atoms with Crippen LogP contribution in [0.2, 0.25) is 0 Å². The van der Waals surface area contributed by atoms with Gasteiger partial charge in [-0.15, -0.1) is 0 Å². The van der Waals surface area contributed by atoms with Crippen molar-refractivity contribution < 1.29 is 14.3 Å². The van der Waals surface area contributed by atoms with Gasteiger partial charge in [0.15, 0.2) is 0 Å². The molecule has 1 aliphatic heterocycles. The summed E-state index contributed by atoms with van der Waals surface area (Å²) in [6.07, 6.45) is 0.302. The Hall–Kier alpha value is -1.59. The first-order chi connectivity index (χ1) is 9.69. The molecule has 0 radical (unpaired) electrons. The lowest BCUT2D eigenvalue weighted by molar-refractivity contribution is -0.119. The summed E-state index contributed by atoms with van der Waals surface area (Å²) >= 11 is 0. The zero-order valence-electron chi connectivity index (χ0n) is 12.1. The lowest BCUT2D eigenvalue weighted by Gasteiger charge is -2.23. The number of carbonyl (C=O) groups excluding carboxylic acids is 1. The maximum absolute atomic E-state index is 12.0. The van der Waals surface area contributed by atoms with E-state index < -0.39 is 0 Å². The number of anilines is 1. The normalized spacial score (nSPS) is 18.6. The van der Waals surface area contributed by atoms with Gasteiger partial charge in [-0.2, -0.15) is 0 Å². The first-order valence-electron chi connectivity index (χ1n) is 7.04. The van der Waals surface area contributed by atoms with Crippen molar-refractivity contribution in [3.63, 3.8) is 0 Å². The van der Waals surface area contributed by atoms with Gasteiger partial charge >= 0.3 is 0 Å². The van der Waals surface area contributed by atoms with E-state index in [-0.39, 0.29) is 12.0 Å². The summed E-state index contributed by atoms with van der Waals surface area (Å²) in [5.74, 6) is 0.659. The minimum Gasteiger partial charge on any atom is -0.492 e.